The molecule has 4 N–H and O–H groups in total. The maximum Gasteiger partial charge on any atom is 0.254 e. The van der Waals surface area contributed by atoms with Gasteiger partial charge in [-0.3, -0.25) is 4.79 Å². The summed E-state index contributed by atoms with van der Waals surface area (Å²) in [7, 11) is 1.77. The van der Waals surface area contributed by atoms with Crippen LogP contribution in [0.4, 0.5) is 11.8 Å². The number of ether oxygens (including phenoxy) is 1. The Balaban J connectivity index is 1.64. The minimum absolute atomic E-state index is 0.340. The number of rotatable bonds is 7. The van der Waals surface area contributed by atoms with Crippen molar-refractivity contribution in [3.05, 3.63) is 11.8 Å². The van der Waals surface area contributed by atoms with Crippen molar-refractivity contribution in [1.82, 2.24) is 9.97 Å². The highest BCUT2D eigenvalue weighted by Gasteiger charge is 2.29. The normalized spacial score (nSPS) is 28.9. The lowest BCUT2D eigenvalue weighted by molar-refractivity contribution is 0.0681. The maximum absolute atomic E-state index is 11.7. The fraction of sp³-hybridized carbons (Fsp3) is 0.722. The summed E-state index contributed by atoms with van der Waals surface area (Å²) in [6, 6.07) is 0.704. The molecule has 0 radical (unpaired) electrons. The summed E-state index contributed by atoms with van der Waals surface area (Å²) in [5.41, 5.74) is 5.83. The lowest BCUT2D eigenvalue weighted by Crippen LogP contribution is -2.36. The van der Waals surface area contributed by atoms with Gasteiger partial charge in [-0.05, 0) is 44.4 Å². The zero-order chi connectivity index (χ0) is 17.8. The van der Waals surface area contributed by atoms with Gasteiger partial charge >= 0.3 is 0 Å². The SMILES string of the molecule is CCC1CC(Nc2nc(NC3CCC(OC)CC3)ncc2C(N)=O)C1. The van der Waals surface area contributed by atoms with Crippen molar-refractivity contribution in [2.75, 3.05) is 17.7 Å². The van der Waals surface area contributed by atoms with Gasteiger partial charge in [-0.15, -0.1) is 0 Å². The van der Waals surface area contributed by atoms with Crippen LogP contribution in [0, 0.1) is 5.92 Å². The number of aromatic nitrogens is 2. The molecule has 3 rings (SSSR count). The van der Waals surface area contributed by atoms with Crippen LogP contribution in [0.2, 0.25) is 0 Å². The van der Waals surface area contributed by atoms with E-state index in [0.717, 1.165) is 44.4 Å². The van der Waals surface area contributed by atoms with Crippen molar-refractivity contribution in [2.45, 2.75) is 70.1 Å². The van der Waals surface area contributed by atoms with Gasteiger partial charge in [-0.25, -0.2) is 4.98 Å². The second-order valence-corrected chi connectivity index (χ2v) is 7.26. The second-order valence-electron chi connectivity index (χ2n) is 7.26. The molecular formula is C18H29N5O2. The average Bonchev–Trinajstić information content (AvgIpc) is 2.58. The monoisotopic (exact) mass is 347 g/mol. The molecule has 7 nitrogen and oxygen atoms in total. The molecule has 1 amide bonds. The average molecular weight is 347 g/mol. The number of nitrogens with zero attached hydrogens (tertiary/aromatic N) is 2. The van der Waals surface area contributed by atoms with Gasteiger partial charge in [0.15, 0.2) is 0 Å². The zero-order valence-electron chi connectivity index (χ0n) is 15.1. The fourth-order valence-corrected chi connectivity index (χ4v) is 3.75. The molecule has 1 aromatic rings. The number of anilines is 2. The molecular weight excluding hydrogens is 318 g/mol. The second kappa shape index (κ2) is 7.99. The largest absolute Gasteiger partial charge is 0.381 e. The molecule has 0 aliphatic heterocycles. The summed E-state index contributed by atoms with van der Waals surface area (Å²) in [6.07, 6.45) is 9.45. The standard InChI is InChI=1S/C18H29N5O2/c1-3-11-8-13(9-11)21-17-15(16(19)24)10-20-18(23-17)22-12-4-6-14(25-2)7-5-12/h10-14H,3-9H2,1-2H3,(H2,19,24)(H2,20,21,22,23). The minimum Gasteiger partial charge on any atom is -0.381 e. The van der Waals surface area contributed by atoms with Crippen molar-refractivity contribution in [1.29, 1.82) is 0 Å². The third kappa shape index (κ3) is 4.39. The van der Waals surface area contributed by atoms with Crippen LogP contribution >= 0.6 is 0 Å². The van der Waals surface area contributed by atoms with Gasteiger partial charge in [0.1, 0.15) is 5.82 Å². The van der Waals surface area contributed by atoms with Crippen LogP contribution < -0.4 is 16.4 Å². The van der Waals surface area contributed by atoms with Crippen molar-refractivity contribution in [3.8, 4) is 0 Å². The van der Waals surface area contributed by atoms with E-state index in [4.69, 9.17) is 10.5 Å². The molecule has 0 unspecified atom stereocenters. The van der Waals surface area contributed by atoms with Crippen LogP contribution in [0.3, 0.4) is 0 Å². The molecule has 2 fully saturated rings. The van der Waals surface area contributed by atoms with Crippen molar-refractivity contribution in [2.24, 2.45) is 11.7 Å². The van der Waals surface area contributed by atoms with E-state index in [1.165, 1.54) is 12.6 Å². The van der Waals surface area contributed by atoms with Crippen LogP contribution in [0.15, 0.2) is 6.20 Å². The minimum atomic E-state index is -0.499. The summed E-state index contributed by atoms with van der Waals surface area (Å²) < 4.78 is 5.41. The number of methoxy groups -OCH3 is 1. The summed E-state index contributed by atoms with van der Waals surface area (Å²) in [6.45, 7) is 2.21. The highest BCUT2D eigenvalue weighted by molar-refractivity contribution is 5.97. The molecule has 2 aliphatic rings. The first-order valence-electron chi connectivity index (χ1n) is 9.31. The number of amides is 1. The van der Waals surface area contributed by atoms with E-state index in [1.807, 2.05) is 0 Å². The maximum atomic E-state index is 11.7. The molecule has 0 atom stereocenters. The van der Waals surface area contributed by atoms with Gasteiger partial charge in [-0.1, -0.05) is 13.3 Å². The predicted molar refractivity (Wildman–Crippen MR) is 97.7 cm³/mol. The molecule has 7 heteroatoms. The molecule has 25 heavy (non-hydrogen) atoms. The third-order valence-corrected chi connectivity index (χ3v) is 5.55. The smallest absolute Gasteiger partial charge is 0.254 e. The first kappa shape index (κ1) is 17.9. The summed E-state index contributed by atoms with van der Waals surface area (Å²) >= 11 is 0. The fourth-order valence-electron chi connectivity index (χ4n) is 3.75. The number of nitrogens with one attached hydrogen (secondary N) is 2. The van der Waals surface area contributed by atoms with Gasteiger partial charge in [0, 0.05) is 25.4 Å². The summed E-state index contributed by atoms with van der Waals surface area (Å²) in [5, 5.41) is 6.77. The van der Waals surface area contributed by atoms with Crippen molar-refractivity contribution < 1.29 is 9.53 Å². The summed E-state index contributed by atoms with van der Waals surface area (Å²) in [5.74, 6) is 1.38. The van der Waals surface area contributed by atoms with Crippen LogP contribution in [-0.4, -0.2) is 41.2 Å². The topological polar surface area (TPSA) is 102 Å². The zero-order valence-corrected chi connectivity index (χ0v) is 15.1. The van der Waals surface area contributed by atoms with Gasteiger partial charge < -0.3 is 21.1 Å². The Morgan fingerprint density at radius 3 is 2.56 bits per heavy atom. The van der Waals surface area contributed by atoms with Gasteiger partial charge in [0.2, 0.25) is 5.95 Å². The molecule has 138 valence electrons. The van der Waals surface area contributed by atoms with E-state index >= 15 is 0 Å². The Morgan fingerprint density at radius 2 is 1.96 bits per heavy atom. The van der Waals surface area contributed by atoms with E-state index in [2.05, 4.69) is 27.5 Å². The van der Waals surface area contributed by atoms with Crippen LogP contribution in [-0.2, 0) is 4.74 Å². The highest BCUT2D eigenvalue weighted by atomic mass is 16.5. The molecule has 0 bridgehead atoms. The Bertz CT molecular complexity index is 595. The van der Waals surface area contributed by atoms with Crippen LogP contribution in [0.5, 0.6) is 0 Å². The number of nitrogens with two attached hydrogens (primary N) is 1. The first-order valence-corrected chi connectivity index (χ1v) is 9.31. The molecule has 0 spiro atoms. The molecule has 2 saturated carbocycles. The van der Waals surface area contributed by atoms with Gasteiger partial charge in [0.25, 0.3) is 5.91 Å². The van der Waals surface area contributed by atoms with E-state index < -0.39 is 5.91 Å². The van der Waals surface area contributed by atoms with Crippen LogP contribution in [0.25, 0.3) is 0 Å². The number of hydrogen-bond acceptors (Lipinski definition) is 6. The van der Waals surface area contributed by atoms with E-state index in [1.54, 1.807) is 7.11 Å². The molecule has 0 saturated heterocycles. The van der Waals surface area contributed by atoms with Crippen molar-refractivity contribution >= 4 is 17.7 Å². The Labute approximate surface area is 149 Å². The van der Waals surface area contributed by atoms with E-state index in [-0.39, 0.29) is 0 Å². The van der Waals surface area contributed by atoms with E-state index in [0.29, 0.717) is 35.5 Å². The summed E-state index contributed by atoms with van der Waals surface area (Å²) in [4.78, 5) is 20.5. The van der Waals surface area contributed by atoms with E-state index in [9.17, 15) is 4.79 Å². The molecule has 1 heterocycles. The van der Waals surface area contributed by atoms with Gasteiger partial charge in [0.05, 0.1) is 11.7 Å². The first-order chi connectivity index (χ1) is 12.1. The van der Waals surface area contributed by atoms with Gasteiger partial charge in [-0.2, -0.15) is 4.98 Å². The molecule has 1 aromatic heterocycles. The Morgan fingerprint density at radius 1 is 1.24 bits per heavy atom. The number of carbonyl (C=O) groups excluding carboxylic acids is 1. The van der Waals surface area contributed by atoms with Crippen molar-refractivity contribution in [3.63, 3.8) is 0 Å². The third-order valence-electron chi connectivity index (χ3n) is 5.55. The Kier molecular flexibility index (Phi) is 5.73. The lowest BCUT2D eigenvalue weighted by Gasteiger charge is -2.36. The number of hydrogen-bond donors (Lipinski definition) is 3. The number of primary amides is 1. The molecule has 0 aromatic carbocycles. The number of carbonyl (C=O) groups is 1. The quantitative estimate of drug-likeness (QED) is 0.700. The Hall–Kier alpha value is -1.89. The molecule has 2 aliphatic carbocycles. The lowest BCUT2D eigenvalue weighted by atomic mass is 9.78. The van der Waals surface area contributed by atoms with Crippen LogP contribution in [0.1, 0.15) is 62.2 Å². The highest BCUT2D eigenvalue weighted by Crippen LogP contribution is 2.33. The predicted octanol–water partition coefficient (Wildman–Crippen LogP) is 2.55.